The van der Waals surface area contributed by atoms with Gasteiger partial charge in [-0.25, -0.2) is 18.5 Å². The first kappa shape index (κ1) is 23.1. The zero-order valence-corrected chi connectivity index (χ0v) is 19.8. The summed E-state index contributed by atoms with van der Waals surface area (Å²) in [6, 6.07) is 10.4. The van der Waals surface area contributed by atoms with Gasteiger partial charge in [0.1, 0.15) is 13.2 Å². The fraction of sp³-hybridized carbons (Fsp3) is 0.273. The van der Waals surface area contributed by atoms with Gasteiger partial charge in [-0.1, -0.05) is 17.8 Å². The highest BCUT2D eigenvalue weighted by atomic mass is 32.2. The highest BCUT2D eigenvalue weighted by Crippen LogP contribution is 2.35. The van der Waals surface area contributed by atoms with Gasteiger partial charge in [-0.2, -0.15) is 0 Å². The van der Waals surface area contributed by atoms with Crippen LogP contribution < -0.4 is 19.9 Å². The minimum atomic E-state index is -3.87. The van der Waals surface area contributed by atoms with Crippen molar-refractivity contribution < 1.29 is 22.7 Å². The molecule has 0 fully saturated rings. The summed E-state index contributed by atoms with van der Waals surface area (Å²) in [5.41, 5.74) is 2.74. The monoisotopic (exact) mass is 488 g/mol. The van der Waals surface area contributed by atoms with E-state index in [2.05, 4.69) is 10.3 Å². The number of thioether (sulfide) groups is 1. The summed E-state index contributed by atoms with van der Waals surface area (Å²) in [5.74, 6) is 1.25. The lowest BCUT2D eigenvalue weighted by atomic mass is 10.1. The third-order valence-corrected chi connectivity index (χ3v) is 7.13. The number of carbonyl (C=O) groups is 1. The largest absolute Gasteiger partial charge is 0.486 e. The Hall–Kier alpha value is -3.02. The van der Waals surface area contributed by atoms with Crippen LogP contribution in [0.5, 0.6) is 11.5 Å². The molecule has 11 heteroatoms. The van der Waals surface area contributed by atoms with Gasteiger partial charge in [-0.15, -0.1) is 0 Å². The van der Waals surface area contributed by atoms with E-state index in [0.717, 1.165) is 17.0 Å². The van der Waals surface area contributed by atoms with Crippen LogP contribution in [0.4, 0.5) is 5.69 Å². The molecule has 9 nitrogen and oxygen atoms in total. The van der Waals surface area contributed by atoms with Crippen LogP contribution in [0.3, 0.4) is 0 Å². The molecule has 2 aromatic carbocycles. The van der Waals surface area contributed by atoms with Crippen LogP contribution in [-0.2, 0) is 21.4 Å². The van der Waals surface area contributed by atoms with E-state index < -0.39 is 10.0 Å². The molecule has 0 spiro atoms. The zero-order valence-electron chi connectivity index (χ0n) is 18.2. The van der Waals surface area contributed by atoms with Gasteiger partial charge < -0.3 is 19.4 Å². The van der Waals surface area contributed by atoms with E-state index in [-0.39, 0.29) is 16.6 Å². The predicted octanol–water partition coefficient (Wildman–Crippen LogP) is 3.03. The van der Waals surface area contributed by atoms with Gasteiger partial charge in [0.15, 0.2) is 16.7 Å². The van der Waals surface area contributed by atoms with Crippen molar-refractivity contribution in [3.05, 3.63) is 48.2 Å². The van der Waals surface area contributed by atoms with Gasteiger partial charge in [0.2, 0.25) is 15.9 Å². The summed E-state index contributed by atoms with van der Waals surface area (Å²) < 4.78 is 36.7. The number of primary sulfonamides is 1. The van der Waals surface area contributed by atoms with Gasteiger partial charge in [0, 0.05) is 17.8 Å². The predicted molar refractivity (Wildman–Crippen MR) is 126 cm³/mol. The summed E-state index contributed by atoms with van der Waals surface area (Å²) in [4.78, 5) is 17.0. The zero-order chi connectivity index (χ0) is 23.6. The number of aryl methyl sites for hydroxylation is 1. The van der Waals surface area contributed by atoms with Crippen LogP contribution in [0, 0.1) is 6.92 Å². The summed E-state index contributed by atoms with van der Waals surface area (Å²) in [6.07, 6.45) is 1.77. The quantitative estimate of drug-likeness (QED) is 0.490. The Morgan fingerprint density at radius 1 is 1.18 bits per heavy atom. The number of rotatable bonds is 7. The lowest BCUT2D eigenvalue weighted by Crippen LogP contribution is -2.17. The Kier molecular flexibility index (Phi) is 6.63. The summed E-state index contributed by atoms with van der Waals surface area (Å²) in [6.45, 7) is 5.37. The van der Waals surface area contributed by atoms with E-state index in [1.165, 1.54) is 17.8 Å². The number of aromatic nitrogens is 2. The van der Waals surface area contributed by atoms with E-state index in [0.29, 0.717) is 41.9 Å². The molecule has 0 atom stereocenters. The summed E-state index contributed by atoms with van der Waals surface area (Å²) in [5, 5.41) is 8.66. The highest BCUT2D eigenvalue weighted by Gasteiger charge is 2.17. The third kappa shape index (κ3) is 5.15. The van der Waals surface area contributed by atoms with Crippen LogP contribution in [0.15, 0.2) is 52.6 Å². The number of benzene rings is 2. The molecular weight excluding hydrogens is 464 g/mol. The Morgan fingerprint density at radius 2 is 1.94 bits per heavy atom. The summed E-state index contributed by atoms with van der Waals surface area (Å²) >= 11 is 1.30. The van der Waals surface area contributed by atoms with Gasteiger partial charge in [0.25, 0.3) is 0 Å². The molecule has 174 valence electrons. The molecule has 0 aliphatic carbocycles. The Bertz CT molecular complexity index is 1300. The van der Waals surface area contributed by atoms with Crippen molar-refractivity contribution in [2.75, 3.05) is 24.3 Å². The number of imidazole rings is 1. The minimum Gasteiger partial charge on any atom is -0.486 e. The molecule has 0 unspecified atom stereocenters. The van der Waals surface area contributed by atoms with Crippen molar-refractivity contribution in [3.63, 3.8) is 0 Å². The molecule has 3 aromatic rings. The summed E-state index contributed by atoms with van der Waals surface area (Å²) in [7, 11) is -3.87. The van der Waals surface area contributed by atoms with Gasteiger partial charge in [0.05, 0.1) is 22.5 Å². The molecule has 1 aliphatic heterocycles. The van der Waals surface area contributed by atoms with Crippen LogP contribution in [0.2, 0.25) is 0 Å². The fourth-order valence-electron chi connectivity index (χ4n) is 3.52. The molecule has 0 saturated heterocycles. The van der Waals surface area contributed by atoms with E-state index in [9.17, 15) is 13.2 Å². The Morgan fingerprint density at radius 3 is 2.67 bits per heavy atom. The first-order valence-corrected chi connectivity index (χ1v) is 12.8. The smallest absolute Gasteiger partial charge is 0.238 e. The lowest BCUT2D eigenvalue weighted by molar-refractivity contribution is -0.113. The number of ether oxygens (including phenoxy) is 2. The number of amides is 1. The van der Waals surface area contributed by atoms with Crippen molar-refractivity contribution in [2.45, 2.75) is 30.4 Å². The van der Waals surface area contributed by atoms with Gasteiger partial charge in [-0.05, 0) is 49.7 Å². The normalized spacial score (nSPS) is 13.1. The van der Waals surface area contributed by atoms with E-state index in [1.807, 2.05) is 29.7 Å². The average Bonchev–Trinajstić information content (AvgIpc) is 3.21. The van der Waals surface area contributed by atoms with Crippen LogP contribution >= 0.6 is 11.8 Å². The topological polar surface area (TPSA) is 126 Å². The maximum Gasteiger partial charge on any atom is 0.238 e. The number of carbonyl (C=O) groups excluding carboxylic acids is 1. The minimum absolute atomic E-state index is 0.0152. The van der Waals surface area contributed by atoms with Crippen molar-refractivity contribution in [2.24, 2.45) is 5.14 Å². The number of hydrogen-bond donors (Lipinski definition) is 2. The third-order valence-electron chi connectivity index (χ3n) is 5.08. The number of anilines is 1. The second-order valence-electron chi connectivity index (χ2n) is 7.39. The number of nitrogens with zero attached hydrogens (tertiary/aromatic N) is 2. The van der Waals surface area contributed by atoms with Crippen LogP contribution in [-0.4, -0.2) is 42.8 Å². The first-order valence-electron chi connectivity index (χ1n) is 10.3. The molecule has 33 heavy (non-hydrogen) atoms. The highest BCUT2D eigenvalue weighted by molar-refractivity contribution is 7.99. The molecule has 2 heterocycles. The van der Waals surface area contributed by atoms with Gasteiger partial charge in [-0.3, -0.25) is 4.79 Å². The molecule has 0 bridgehead atoms. The van der Waals surface area contributed by atoms with Crippen molar-refractivity contribution in [1.29, 1.82) is 0 Å². The number of nitrogens with two attached hydrogens (primary N) is 1. The van der Waals surface area contributed by atoms with E-state index in [1.54, 1.807) is 25.3 Å². The van der Waals surface area contributed by atoms with Crippen LogP contribution in [0.25, 0.3) is 11.3 Å². The maximum absolute atomic E-state index is 12.5. The van der Waals surface area contributed by atoms with Crippen molar-refractivity contribution >= 4 is 33.4 Å². The standard InChI is InChI=1S/C22H24N4O5S2/c1-3-26-17(15-5-7-18-19(10-15)31-9-8-30-18)12-24-22(26)32-13-21(27)25-16-6-4-14(2)20(11-16)33(23,28)29/h4-7,10-12H,3,8-9,13H2,1-2H3,(H,25,27)(H2,23,28,29). The maximum atomic E-state index is 12.5. The average molecular weight is 489 g/mol. The molecule has 3 N–H and O–H groups in total. The van der Waals surface area contributed by atoms with E-state index in [4.69, 9.17) is 14.6 Å². The van der Waals surface area contributed by atoms with Gasteiger partial charge >= 0.3 is 0 Å². The number of sulfonamides is 1. The molecular formula is C22H24N4O5S2. The molecule has 4 rings (SSSR count). The molecule has 1 aliphatic rings. The van der Waals surface area contributed by atoms with Crippen molar-refractivity contribution in [1.82, 2.24) is 9.55 Å². The number of fused-ring (bicyclic) bond motifs is 1. The van der Waals surface area contributed by atoms with E-state index >= 15 is 0 Å². The second kappa shape index (κ2) is 9.46. The number of nitrogens with one attached hydrogen (secondary N) is 1. The Balaban J connectivity index is 1.46. The molecule has 1 aromatic heterocycles. The number of hydrogen-bond acceptors (Lipinski definition) is 7. The Labute approximate surface area is 196 Å². The first-order chi connectivity index (χ1) is 15.8. The lowest BCUT2D eigenvalue weighted by Gasteiger charge is -2.19. The molecule has 0 radical (unpaired) electrons. The molecule has 1 amide bonds. The van der Waals surface area contributed by atoms with Crippen molar-refractivity contribution in [3.8, 4) is 22.8 Å². The second-order valence-corrected chi connectivity index (χ2v) is 9.86. The molecule has 0 saturated carbocycles. The SMILES string of the molecule is CCn1c(-c2ccc3c(c2)OCCO3)cnc1SCC(=O)Nc1ccc(C)c(S(N)(=O)=O)c1. The fourth-order valence-corrected chi connectivity index (χ4v) is 5.18. The van der Waals surface area contributed by atoms with Crippen LogP contribution in [0.1, 0.15) is 12.5 Å².